The molecule has 0 aliphatic carbocycles. The van der Waals surface area contributed by atoms with Gasteiger partial charge in [-0.1, -0.05) is 38.8 Å². The first-order valence-corrected chi connectivity index (χ1v) is 6.46. The molecule has 0 rings (SSSR count). The second kappa shape index (κ2) is 10.3. The Hall–Kier alpha value is -0.900. The van der Waals surface area contributed by atoms with Crippen molar-refractivity contribution in [2.75, 3.05) is 13.2 Å². The normalized spacial score (nSPS) is 15.0. The maximum Gasteiger partial charge on any atom is 0.229 e. The Morgan fingerprint density at radius 1 is 1.47 bits per heavy atom. The molecule has 0 aliphatic rings. The number of unbranched alkanes of at least 4 members (excludes halogenated alkanes) is 1. The van der Waals surface area contributed by atoms with Gasteiger partial charge >= 0.3 is 0 Å². The van der Waals surface area contributed by atoms with E-state index in [1.54, 1.807) is 0 Å². The van der Waals surface area contributed by atoms with Crippen molar-refractivity contribution < 1.29 is 9.66 Å². The van der Waals surface area contributed by atoms with Gasteiger partial charge in [0.05, 0.1) is 6.61 Å². The Morgan fingerprint density at radius 3 is 2.71 bits per heavy atom. The molecule has 0 unspecified atom stereocenters. The Morgan fingerprint density at radius 2 is 2.18 bits per heavy atom. The largest absolute Gasteiger partial charge is 0.371 e. The summed E-state index contributed by atoms with van der Waals surface area (Å²) in [5.41, 5.74) is 0. The monoisotopic (exact) mass is 243 g/mol. The van der Waals surface area contributed by atoms with E-state index in [0.717, 1.165) is 25.7 Å². The molecule has 100 valence electrons. The molecule has 0 N–H and O–H groups in total. The van der Waals surface area contributed by atoms with Crippen LogP contribution >= 0.6 is 0 Å². The standard InChI is InChI=1S/C13H25NO3/c1-4-6-8-10-17-13(11-14(15)16)12(3)9-7-5-2/h4,6,12-13H,5,7-11H2,1-3H3/b6-4-/t12-,13+/m0/s1. The van der Waals surface area contributed by atoms with Gasteiger partial charge in [0.15, 0.2) is 0 Å². The van der Waals surface area contributed by atoms with Crippen LogP contribution in [0.1, 0.15) is 46.5 Å². The van der Waals surface area contributed by atoms with E-state index in [-0.39, 0.29) is 23.5 Å². The zero-order valence-corrected chi connectivity index (χ0v) is 11.2. The highest BCUT2D eigenvalue weighted by Gasteiger charge is 2.22. The summed E-state index contributed by atoms with van der Waals surface area (Å²) in [5.74, 6) is 0.256. The molecule has 0 radical (unpaired) electrons. The minimum atomic E-state index is -0.275. The van der Waals surface area contributed by atoms with Crippen LogP contribution in [0.2, 0.25) is 0 Å². The average Bonchev–Trinajstić information content (AvgIpc) is 2.29. The van der Waals surface area contributed by atoms with Crippen molar-refractivity contribution in [2.45, 2.75) is 52.6 Å². The fourth-order valence-electron chi connectivity index (χ4n) is 1.71. The van der Waals surface area contributed by atoms with E-state index in [2.05, 4.69) is 6.92 Å². The third kappa shape index (κ3) is 8.86. The molecule has 0 amide bonds. The van der Waals surface area contributed by atoms with Gasteiger partial charge in [0.2, 0.25) is 6.54 Å². The summed E-state index contributed by atoms with van der Waals surface area (Å²) in [6, 6.07) is 0. The highest BCUT2D eigenvalue weighted by molar-refractivity contribution is 4.76. The summed E-state index contributed by atoms with van der Waals surface area (Å²) in [6.45, 7) is 6.61. The van der Waals surface area contributed by atoms with Crippen LogP contribution < -0.4 is 0 Å². The van der Waals surface area contributed by atoms with Crippen molar-refractivity contribution in [3.8, 4) is 0 Å². The molecule has 4 heteroatoms. The van der Waals surface area contributed by atoms with Crippen LogP contribution in [0.15, 0.2) is 12.2 Å². The summed E-state index contributed by atoms with van der Waals surface area (Å²) >= 11 is 0. The molecular formula is C13H25NO3. The van der Waals surface area contributed by atoms with Crippen molar-refractivity contribution in [3.05, 3.63) is 22.3 Å². The van der Waals surface area contributed by atoms with Gasteiger partial charge in [-0.05, 0) is 25.7 Å². The maximum atomic E-state index is 10.6. The van der Waals surface area contributed by atoms with E-state index in [1.165, 1.54) is 0 Å². The van der Waals surface area contributed by atoms with Crippen LogP contribution in [0, 0.1) is 16.0 Å². The molecule has 0 aromatic heterocycles. The summed E-state index contributed by atoms with van der Waals surface area (Å²) in [7, 11) is 0. The van der Waals surface area contributed by atoms with Gasteiger partial charge in [-0.2, -0.15) is 0 Å². The first-order chi connectivity index (χ1) is 8.11. The molecule has 17 heavy (non-hydrogen) atoms. The van der Waals surface area contributed by atoms with E-state index in [9.17, 15) is 10.1 Å². The van der Waals surface area contributed by atoms with Gasteiger partial charge in [0.1, 0.15) is 6.10 Å². The number of nitrogens with zero attached hydrogens (tertiary/aromatic N) is 1. The summed E-state index contributed by atoms with van der Waals surface area (Å²) in [5, 5.41) is 10.6. The van der Waals surface area contributed by atoms with Gasteiger partial charge in [-0.25, -0.2) is 0 Å². The van der Waals surface area contributed by atoms with E-state index in [4.69, 9.17) is 4.74 Å². The molecular weight excluding hydrogens is 218 g/mol. The molecule has 2 atom stereocenters. The molecule has 0 aromatic rings. The molecule has 0 aromatic carbocycles. The zero-order chi connectivity index (χ0) is 13.1. The van der Waals surface area contributed by atoms with Crippen molar-refractivity contribution in [1.82, 2.24) is 0 Å². The quantitative estimate of drug-likeness (QED) is 0.255. The summed E-state index contributed by atoms with van der Waals surface area (Å²) in [6.07, 6.45) is 7.78. The second-order valence-corrected chi connectivity index (χ2v) is 4.40. The zero-order valence-electron chi connectivity index (χ0n) is 11.2. The second-order valence-electron chi connectivity index (χ2n) is 4.40. The number of ether oxygens (including phenoxy) is 1. The van der Waals surface area contributed by atoms with Gasteiger partial charge in [-0.15, -0.1) is 0 Å². The maximum absolute atomic E-state index is 10.6. The van der Waals surface area contributed by atoms with Gasteiger partial charge in [-0.3, -0.25) is 10.1 Å². The molecule has 0 spiro atoms. The third-order valence-electron chi connectivity index (χ3n) is 2.83. The van der Waals surface area contributed by atoms with Gasteiger partial charge in [0.25, 0.3) is 0 Å². The Labute approximate surface area is 104 Å². The van der Waals surface area contributed by atoms with Crippen LogP contribution in [-0.4, -0.2) is 24.2 Å². The van der Waals surface area contributed by atoms with Crippen molar-refractivity contribution >= 4 is 0 Å². The van der Waals surface area contributed by atoms with Gasteiger partial charge in [0, 0.05) is 4.92 Å². The summed E-state index contributed by atoms with van der Waals surface area (Å²) < 4.78 is 5.62. The lowest BCUT2D eigenvalue weighted by Gasteiger charge is -2.20. The Kier molecular flexibility index (Phi) is 9.72. The number of nitro groups is 1. The van der Waals surface area contributed by atoms with Crippen LogP contribution in [0.4, 0.5) is 0 Å². The van der Waals surface area contributed by atoms with Crippen molar-refractivity contribution in [3.63, 3.8) is 0 Å². The first kappa shape index (κ1) is 16.1. The predicted octanol–water partition coefficient (Wildman–Crippen LogP) is 3.44. The third-order valence-corrected chi connectivity index (χ3v) is 2.83. The van der Waals surface area contributed by atoms with E-state index < -0.39 is 0 Å². The smallest absolute Gasteiger partial charge is 0.229 e. The molecule has 4 nitrogen and oxygen atoms in total. The van der Waals surface area contributed by atoms with Crippen LogP contribution in [0.25, 0.3) is 0 Å². The highest BCUT2D eigenvalue weighted by Crippen LogP contribution is 2.16. The molecule has 0 fully saturated rings. The molecule has 0 saturated carbocycles. The van der Waals surface area contributed by atoms with Crippen LogP contribution in [0.3, 0.4) is 0 Å². The number of allylic oxidation sites excluding steroid dienone is 1. The minimum Gasteiger partial charge on any atom is -0.371 e. The molecule has 0 saturated heterocycles. The number of hydrogen-bond donors (Lipinski definition) is 0. The first-order valence-electron chi connectivity index (χ1n) is 6.46. The van der Waals surface area contributed by atoms with Crippen LogP contribution in [0.5, 0.6) is 0 Å². The minimum absolute atomic E-state index is 0.0826. The van der Waals surface area contributed by atoms with Crippen LogP contribution in [-0.2, 0) is 4.74 Å². The summed E-state index contributed by atoms with van der Waals surface area (Å²) in [4.78, 5) is 10.3. The molecule has 0 bridgehead atoms. The number of rotatable bonds is 10. The van der Waals surface area contributed by atoms with Crippen molar-refractivity contribution in [1.29, 1.82) is 0 Å². The topological polar surface area (TPSA) is 52.4 Å². The molecule has 0 aliphatic heterocycles. The fraction of sp³-hybridized carbons (Fsp3) is 0.846. The average molecular weight is 243 g/mol. The number of hydrogen-bond acceptors (Lipinski definition) is 3. The van der Waals surface area contributed by atoms with Crippen molar-refractivity contribution in [2.24, 2.45) is 5.92 Å². The fourth-order valence-corrected chi connectivity index (χ4v) is 1.71. The van der Waals surface area contributed by atoms with E-state index in [1.807, 2.05) is 26.0 Å². The SMILES string of the molecule is C/C=C\CCO[C@H](C[N+](=O)[O-])[C@@H](C)CCCC. The lowest BCUT2D eigenvalue weighted by Crippen LogP contribution is -2.30. The predicted molar refractivity (Wildman–Crippen MR) is 69.7 cm³/mol. The molecule has 0 heterocycles. The Bertz CT molecular complexity index is 229. The lowest BCUT2D eigenvalue weighted by atomic mass is 9.98. The van der Waals surface area contributed by atoms with E-state index >= 15 is 0 Å². The lowest BCUT2D eigenvalue weighted by molar-refractivity contribution is -0.493. The van der Waals surface area contributed by atoms with Gasteiger partial charge < -0.3 is 4.74 Å². The Balaban J connectivity index is 4.06. The van der Waals surface area contributed by atoms with E-state index in [0.29, 0.717) is 6.61 Å². The highest BCUT2D eigenvalue weighted by atomic mass is 16.6.